The summed E-state index contributed by atoms with van der Waals surface area (Å²) in [7, 11) is 2.12. The first kappa shape index (κ1) is 111. The minimum Gasteiger partial charge on any atom is -0.454 e. The lowest BCUT2D eigenvalue weighted by Crippen LogP contribution is -1.97. The highest BCUT2D eigenvalue weighted by molar-refractivity contribution is 7.26. The number of pyridine rings is 4. The first-order valence-electron chi connectivity index (χ1n) is 44.8. The molecular formula is C115H149N17O4S2. The predicted molar refractivity (Wildman–Crippen MR) is 591 cm³/mol. The van der Waals surface area contributed by atoms with Gasteiger partial charge in [-0.3, -0.25) is 0 Å². The van der Waals surface area contributed by atoms with Gasteiger partial charge in [0.1, 0.15) is 84.0 Å². The topological polar surface area (TPSA) is 264 Å². The molecule has 4 aromatic carbocycles. The fourth-order valence-electron chi connectivity index (χ4n) is 18.9. The van der Waals surface area contributed by atoms with Crippen LogP contribution in [-0.4, -0.2) is 84.3 Å². The van der Waals surface area contributed by atoms with E-state index in [4.69, 9.17) is 37.6 Å². The van der Waals surface area contributed by atoms with Crippen LogP contribution in [0.2, 0.25) is 0 Å². The largest absolute Gasteiger partial charge is 0.454 e. The zero-order valence-electron chi connectivity index (χ0n) is 84.1. The van der Waals surface area contributed by atoms with Gasteiger partial charge in [-0.15, -0.1) is 22.7 Å². The van der Waals surface area contributed by atoms with E-state index in [9.17, 15) is 0 Å². The maximum atomic E-state index is 6.12. The van der Waals surface area contributed by atoms with E-state index in [-0.39, 0.29) is 52.0 Å². The van der Waals surface area contributed by atoms with Crippen LogP contribution in [0.1, 0.15) is 272 Å². The third kappa shape index (κ3) is 18.6. The van der Waals surface area contributed by atoms with Gasteiger partial charge in [0, 0.05) is 50.7 Å². The van der Waals surface area contributed by atoms with E-state index in [0.29, 0.717) is 5.71 Å². The van der Waals surface area contributed by atoms with Gasteiger partial charge in [-0.05, 0) is 404 Å². The number of rotatable bonds is 0. The molecule has 0 saturated heterocycles. The van der Waals surface area contributed by atoms with Gasteiger partial charge < -0.3 is 22.2 Å². The van der Waals surface area contributed by atoms with Crippen molar-refractivity contribution in [3.63, 3.8) is 0 Å². The number of furan rings is 4. The van der Waals surface area contributed by atoms with E-state index < -0.39 is 0 Å². The second kappa shape index (κ2) is 41.2. The van der Waals surface area contributed by atoms with Crippen LogP contribution in [-0.2, 0) is 7.05 Å². The van der Waals surface area contributed by atoms with Crippen molar-refractivity contribution < 1.29 is 17.7 Å². The third-order valence-corrected chi connectivity index (χ3v) is 30.7. The quantitative estimate of drug-likeness (QED) is 0.137. The molecule has 0 N–H and O–H groups in total. The fraction of sp³-hybridized carbons (Fsp3) is 0.409. The van der Waals surface area contributed by atoms with Crippen LogP contribution < -0.4 is 0 Å². The number of aryl methyl sites for hydroxylation is 29. The van der Waals surface area contributed by atoms with Crippen LogP contribution in [0.4, 0.5) is 0 Å². The van der Waals surface area contributed by atoms with Gasteiger partial charge in [-0.1, -0.05) is 52.0 Å². The third-order valence-electron chi connectivity index (χ3n) is 28.1. The Morgan fingerprint density at radius 3 is 1.01 bits per heavy atom. The molecule has 0 saturated carbocycles. The number of benzene rings is 4. The lowest BCUT2D eigenvalue weighted by Gasteiger charge is -2.12. The summed E-state index contributed by atoms with van der Waals surface area (Å²) in [4.78, 5) is 73.8. The van der Waals surface area contributed by atoms with Crippen molar-refractivity contribution in [1.82, 2.24) is 84.3 Å². The lowest BCUT2D eigenvalue weighted by molar-refractivity contribution is 0.644. The zero-order chi connectivity index (χ0) is 95.5. The van der Waals surface area contributed by atoms with Gasteiger partial charge in [-0.2, -0.15) is 0 Å². The molecule has 0 radical (unpaired) electrons. The molecule has 0 aliphatic rings. The van der Waals surface area contributed by atoms with Crippen LogP contribution in [0.3, 0.4) is 0 Å². The van der Waals surface area contributed by atoms with E-state index in [1.807, 2.05) is 101 Å². The van der Waals surface area contributed by atoms with Crippen molar-refractivity contribution in [1.29, 1.82) is 0 Å². The monoisotopic (exact) mass is 1900 g/mol. The number of hydrogen-bond acceptors (Lipinski definition) is 22. The van der Waals surface area contributed by atoms with Crippen molar-refractivity contribution in [2.45, 2.75) is 322 Å². The molecule has 0 atom stereocenters. The van der Waals surface area contributed by atoms with Gasteiger partial charge in [0.05, 0.1) is 81.8 Å². The Balaban J connectivity index is 0.000000196. The molecule has 17 heterocycles. The fourth-order valence-corrected chi connectivity index (χ4v) is 21.4. The van der Waals surface area contributed by atoms with Gasteiger partial charge >= 0.3 is 0 Å². The summed E-state index contributed by atoms with van der Waals surface area (Å²) in [5.74, 6) is 4.85. The van der Waals surface area contributed by atoms with Gasteiger partial charge in [0.25, 0.3) is 0 Å². The summed E-state index contributed by atoms with van der Waals surface area (Å²) in [6.07, 6.45) is 0. The van der Waals surface area contributed by atoms with E-state index in [1.165, 1.54) is 153 Å². The molecule has 21 aromatic rings. The molecule has 23 heteroatoms. The second-order valence-electron chi connectivity index (χ2n) is 36.4. The molecule has 21 nitrogen and oxygen atoms in total. The van der Waals surface area contributed by atoms with Crippen molar-refractivity contribution in [3.8, 4) is 0 Å². The highest BCUT2D eigenvalue weighted by atomic mass is 32.1. The Kier molecular flexibility index (Phi) is 33.1. The summed E-state index contributed by atoms with van der Waals surface area (Å²) in [5, 5.41) is 7.16. The molecule has 138 heavy (non-hydrogen) atoms. The van der Waals surface area contributed by atoms with Gasteiger partial charge in [0.2, 0.25) is 5.71 Å². The molecular weight excluding hydrogens is 1750 g/mol. The normalized spacial score (nSPS) is 11.1. The average molecular weight is 1900 g/mol. The standard InChI is InChI=1S/C17H21N3.C17H19NO.C16H18N2O.C16H18N2S.2C14H15N3O.C14H15N3S.7CH4/c1-8-9(2)11(4)16-14(10(8)3)15-17(20(16)7)12(5)18-13(6)19-15;1-8-7-9(2)18-15-14-12(5)10(3)11(4)13(6)17(14)19-16(8)15;2*1-7-8(2)10(4)15-13(9(7)3)14-16(19-15)11(5)17-12(6)18-14;1-6-7(2)13-11(16-8(6)3)12-14(18-13)9(4)15-10(5)17-12;2*1-6-7(2)11-12-13(9(4)15-10(5)17-12)18-14(11)16-8(6)3;;;;;;;/h1-7H3;7H,1-6H3;2*1-6H3;3*1-5H3;7*1H4. The minimum absolute atomic E-state index is 0. The van der Waals surface area contributed by atoms with E-state index >= 15 is 0 Å². The van der Waals surface area contributed by atoms with Gasteiger partial charge in [-0.25, -0.2) is 79.7 Å². The number of thiophene rings is 2. The summed E-state index contributed by atoms with van der Waals surface area (Å²) >= 11 is 3.53. The van der Waals surface area contributed by atoms with E-state index in [1.54, 1.807) is 11.3 Å². The molecule has 0 amide bonds. The van der Waals surface area contributed by atoms with Crippen molar-refractivity contribution in [2.75, 3.05) is 0 Å². The number of fused-ring (bicyclic) bond motifs is 21. The number of hydrogen-bond donors (Lipinski definition) is 0. The predicted octanol–water partition coefficient (Wildman–Crippen LogP) is 32.6. The Labute approximate surface area is 825 Å². The highest BCUT2D eigenvalue weighted by Crippen LogP contribution is 2.45. The van der Waals surface area contributed by atoms with Crippen molar-refractivity contribution in [3.05, 3.63) is 226 Å². The molecule has 21 rings (SSSR count). The molecule has 0 fully saturated rings. The van der Waals surface area contributed by atoms with Crippen LogP contribution in [0.25, 0.3) is 151 Å². The van der Waals surface area contributed by atoms with Crippen LogP contribution >= 0.6 is 22.7 Å². The zero-order valence-corrected chi connectivity index (χ0v) is 85.8. The Morgan fingerprint density at radius 2 is 0.514 bits per heavy atom. The molecule has 0 spiro atoms. The Morgan fingerprint density at radius 1 is 0.196 bits per heavy atom. The first-order valence-corrected chi connectivity index (χ1v) is 46.5. The van der Waals surface area contributed by atoms with Crippen LogP contribution in [0, 0.1) is 270 Å². The first-order chi connectivity index (χ1) is 61.5. The molecule has 0 unspecified atom stereocenters. The Bertz CT molecular complexity index is 7980. The van der Waals surface area contributed by atoms with Crippen molar-refractivity contribution in [2.24, 2.45) is 7.05 Å². The number of aromatic nitrogens is 17. The molecule has 0 aliphatic heterocycles. The van der Waals surface area contributed by atoms with Crippen LogP contribution in [0.5, 0.6) is 0 Å². The van der Waals surface area contributed by atoms with Crippen LogP contribution in [0.15, 0.2) is 23.7 Å². The van der Waals surface area contributed by atoms with E-state index in [2.05, 4.69) is 258 Å². The molecule has 730 valence electrons. The lowest BCUT2D eigenvalue weighted by atomic mass is 9.95. The summed E-state index contributed by atoms with van der Waals surface area (Å²) in [6, 6.07) is 2.08. The second-order valence-corrected chi connectivity index (χ2v) is 38.4. The molecule has 17 aromatic heterocycles. The molecule has 0 aliphatic carbocycles. The minimum atomic E-state index is 0. The van der Waals surface area contributed by atoms with Crippen molar-refractivity contribution >= 4 is 174 Å². The number of nitrogens with zero attached hydrogens (tertiary/aromatic N) is 17. The average Bonchev–Trinajstić information content (AvgIpc) is 1.57. The summed E-state index contributed by atoms with van der Waals surface area (Å²) in [5.41, 5.74) is 56.6. The summed E-state index contributed by atoms with van der Waals surface area (Å²) < 4.78 is 29.9. The highest BCUT2D eigenvalue weighted by Gasteiger charge is 2.27. The Hall–Kier alpha value is -12.6. The van der Waals surface area contributed by atoms with E-state index in [0.717, 1.165) is 212 Å². The maximum Gasteiger partial charge on any atom is 0.229 e. The summed E-state index contributed by atoms with van der Waals surface area (Å²) in [6.45, 7) is 81.3. The smallest absolute Gasteiger partial charge is 0.229 e. The molecule has 0 bridgehead atoms. The van der Waals surface area contributed by atoms with Gasteiger partial charge in [0.15, 0.2) is 27.9 Å². The SMILES string of the molecule is C.C.C.C.C.C.C.Cc1cc(C)c2oc3c(C)c(C)c(C)c(C)c3c2n1.Cc1nc(C)c2c(n1)c1c(C)c(C)c(C)c(C)c1n2C.Cc1nc(C)c2oc3c(C)c(C)c(C)c(C)c3c2n1.Cc1nc(C)c2oc3c(C)c(C)c(C)nc3c2n1.Cc1nc(C)c2oc3nc(C)c(C)c(C)c3c2n1.Cc1nc(C)c2sc3c(C)c(C)c(C)c(C)c3c2n1.Cc1nc(C)c2sc3nc(C)c(C)c(C)c3c2n1. The maximum absolute atomic E-state index is 6.12.